The van der Waals surface area contributed by atoms with Gasteiger partial charge in [-0.1, -0.05) is 24.3 Å². The zero-order valence-electron chi connectivity index (χ0n) is 28.8. The van der Waals surface area contributed by atoms with Gasteiger partial charge in [-0.3, -0.25) is 18.5 Å². The van der Waals surface area contributed by atoms with Gasteiger partial charge in [0.05, 0.1) is 31.0 Å². The highest BCUT2D eigenvalue weighted by Crippen LogP contribution is 2.37. The Morgan fingerprint density at radius 2 is 0.839 bits per heavy atom. The summed E-state index contributed by atoms with van der Waals surface area (Å²) in [5.74, 6) is -0.902. The Morgan fingerprint density at radius 1 is 0.482 bits per heavy atom. The van der Waals surface area contributed by atoms with E-state index in [4.69, 9.17) is 0 Å². The van der Waals surface area contributed by atoms with Crippen molar-refractivity contribution in [1.29, 1.82) is 0 Å². The Morgan fingerprint density at radius 3 is 1.18 bits per heavy atom. The lowest BCUT2D eigenvalue weighted by atomic mass is 10.1. The molecule has 0 aliphatic heterocycles. The smallest absolute Gasteiger partial charge is 0.323 e. The van der Waals surface area contributed by atoms with E-state index < -0.39 is 67.6 Å². The molecular formula is C35H30N4O13S4. The van der Waals surface area contributed by atoms with E-state index in [1.807, 2.05) is 0 Å². The van der Waals surface area contributed by atoms with Crippen LogP contribution in [0.3, 0.4) is 0 Å². The number of aromatic hydroxyl groups is 2. The molecule has 56 heavy (non-hydrogen) atoms. The highest BCUT2D eigenvalue weighted by atomic mass is 32.2. The molecule has 0 saturated carbocycles. The predicted octanol–water partition coefficient (Wildman–Crippen LogP) is 5.76. The minimum atomic E-state index is -4.55. The molecule has 0 bridgehead atoms. The van der Waals surface area contributed by atoms with E-state index in [1.54, 1.807) is 0 Å². The van der Waals surface area contributed by atoms with Crippen molar-refractivity contribution in [1.82, 2.24) is 0 Å². The number of amides is 2. The lowest BCUT2D eigenvalue weighted by molar-refractivity contribution is 0.262. The van der Waals surface area contributed by atoms with Crippen molar-refractivity contribution in [3.05, 3.63) is 108 Å². The number of rotatable bonds is 10. The summed E-state index contributed by atoms with van der Waals surface area (Å²) >= 11 is 0. The van der Waals surface area contributed by atoms with Gasteiger partial charge in [-0.25, -0.2) is 21.6 Å². The van der Waals surface area contributed by atoms with E-state index in [9.17, 15) is 57.8 Å². The van der Waals surface area contributed by atoms with Crippen molar-refractivity contribution >= 4 is 90.6 Å². The monoisotopic (exact) mass is 842 g/mol. The number of hydrogen-bond donors (Lipinski definition) is 8. The maximum absolute atomic E-state index is 13.4. The fourth-order valence-corrected chi connectivity index (χ4v) is 9.07. The first-order valence-corrected chi connectivity index (χ1v) is 21.7. The SMILES string of the molecule is Cc1cc(S(=O)(=O)Nc2c(O)ccc3cc(S(=O)(=O)O)ccc23)ccc1NC(=O)Nc1ccc(S(=O)(=O)Nc2c(O)ccc3cc(S(=O)(=O)O)ccc23)cc1C. The zero-order chi connectivity index (χ0) is 41.0. The third-order valence-corrected chi connectivity index (χ3v) is 12.9. The minimum Gasteiger partial charge on any atom is -0.506 e. The molecule has 6 aromatic carbocycles. The van der Waals surface area contributed by atoms with E-state index in [-0.39, 0.29) is 54.1 Å². The minimum absolute atomic E-state index is 0.146. The third kappa shape index (κ3) is 8.17. The van der Waals surface area contributed by atoms with Gasteiger partial charge in [0.2, 0.25) is 0 Å². The molecule has 2 amide bonds. The van der Waals surface area contributed by atoms with Crippen molar-refractivity contribution in [2.75, 3.05) is 20.1 Å². The Bertz CT molecular complexity index is 2880. The van der Waals surface area contributed by atoms with Gasteiger partial charge in [-0.05, 0) is 109 Å². The largest absolute Gasteiger partial charge is 0.506 e. The first-order chi connectivity index (χ1) is 26.0. The van der Waals surface area contributed by atoms with Crippen molar-refractivity contribution in [2.45, 2.75) is 33.4 Å². The summed E-state index contributed by atoms with van der Waals surface area (Å²) in [5.41, 5.74) is 0.587. The molecular weight excluding hydrogens is 813 g/mol. The molecule has 17 nitrogen and oxygen atoms in total. The van der Waals surface area contributed by atoms with E-state index in [0.29, 0.717) is 11.1 Å². The van der Waals surface area contributed by atoms with Crippen molar-refractivity contribution in [3.63, 3.8) is 0 Å². The van der Waals surface area contributed by atoms with E-state index in [1.165, 1.54) is 74.5 Å². The summed E-state index contributed by atoms with van der Waals surface area (Å²) in [4.78, 5) is 11.6. The lowest BCUT2D eigenvalue weighted by Gasteiger charge is -2.16. The van der Waals surface area contributed by atoms with Crippen LogP contribution in [0.25, 0.3) is 21.5 Å². The lowest BCUT2D eigenvalue weighted by Crippen LogP contribution is -2.21. The Hall–Kier alpha value is -5.97. The molecule has 292 valence electrons. The average Bonchev–Trinajstić information content (AvgIpc) is 3.11. The number of phenolic OH excluding ortho intramolecular Hbond substituents is 2. The molecule has 6 rings (SSSR count). The molecule has 0 aliphatic carbocycles. The second-order valence-corrected chi connectivity index (χ2v) is 18.6. The summed E-state index contributed by atoms with van der Waals surface area (Å²) in [7, 11) is -17.8. The van der Waals surface area contributed by atoms with Crippen LogP contribution in [0.4, 0.5) is 27.5 Å². The topological polar surface area (TPSA) is 283 Å². The summed E-state index contributed by atoms with van der Waals surface area (Å²) in [5, 5.41) is 26.8. The fourth-order valence-electron chi connectivity index (χ4n) is 5.68. The molecule has 0 unspecified atom stereocenters. The van der Waals surface area contributed by atoms with Gasteiger partial charge in [-0.15, -0.1) is 0 Å². The number of fused-ring (bicyclic) bond motifs is 2. The van der Waals surface area contributed by atoms with Crippen molar-refractivity contribution in [3.8, 4) is 11.5 Å². The number of carbonyl (C=O) groups excluding carboxylic acids is 1. The van der Waals surface area contributed by atoms with E-state index in [2.05, 4.69) is 20.1 Å². The standard InChI is InChI=1S/C35H30N4O13S4/c1-19-15-23(53(43,44)38-33-27-9-5-25(55(47,48)49)17-21(27)3-13-31(33)40)7-11-29(19)36-35(42)37-30-12-8-24(16-20(30)2)54(45,46)39-34-28-10-6-26(56(50,51)52)18-22(28)4-14-32(34)41/h3-18,38-41H,1-2H3,(H2,36,37,42)(H,47,48,49)(H,50,51,52). The number of nitrogens with one attached hydrogen (secondary N) is 4. The van der Waals surface area contributed by atoms with Crippen molar-refractivity contribution in [2.24, 2.45) is 0 Å². The molecule has 21 heteroatoms. The van der Waals surface area contributed by atoms with Gasteiger partial charge in [0.25, 0.3) is 40.3 Å². The van der Waals surface area contributed by atoms with Crippen molar-refractivity contribution < 1.29 is 57.8 Å². The van der Waals surface area contributed by atoms with Gasteiger partial charge in [0.15, 0.2) is 0 Å². The number of phenols is 2. The van der Waals surface area contributed by atoms with Gasteiger partial charge < -0.3 is 20.8 Å². The summed E-state index contributed by atoms with van der Waals surface area (Å²) in [6.07, 6.45) is 0. The molecule has 0 radical (unpaired) electrons. The second kappa shape index (κ2) is 14.3. The summed E-state index contributed by atoms with van der Waals surface area (Å²) in [6, 6.07) is 18.6. The summed E-state index contributed by atoms with van der Waals surface area (Å²) < 4.78 is 123. The molecule has 0 spiro atoms. The molecule has 8 N–H and O–H groups in total. The van der Waals surface area contributed by atoms with Crippen LogP contribution in [0.1, 0.15) is 11.1 Å². The number of aryl methyl sites for hydroxylation is 2. The quantitative estimate of drug-likeness (QED) is 0.0602. The van der Waals surface area contributed by atoms with E-state index in [0.717, 1.165) is 36.4 Å². The number of sulfonamides is 2. The molecule has 0 aliphatic rings. The van der Waals surface area contributed by atoms with Crippen LogP contribution in [0, 0.1) is 13.8 Å². The third-order valence-electron chi connectivity index (χ3n) is 8.52. The van der Waals surface area contributed by atoms with Crippen LogP contribution in [-0.4, -0.2) is 59.0 Å². The Balaban J connectivity index is 1.16. The van der Waals surface area contributed by atoms with Crippen LogP contribution < -0.4 is 20.1 Å². The Labute approximate surface area is 320 Å². The molecule has 0 saturated heterocycles. The molecule has 0 heterocycles. The fraction of sp³-hybridized carbons (Fsp3) is 0.0571. The molecule has 6 aromatic rings. The van der Waals surface area contributed by atoms with Crippen LogP contribution in [-0.2, 0) is 40.3 Å². The normalized spacial score (nSPS) is 12.4. The summed E-state index contributed by atoms with van der Waals surface area (Å²) in [6.45, 7) is 3.06. The van der Waals surface area contributed by atoms with Gasteiger partial charge in [-0.2, -0.15) is 16.8 Å². The van der Waals surface area contributed by atoms with Gasteiger partial charge >= 0.3 is 6.03 Å². The molecule has 0 fully saturated rings. The van der Waals surface area contributed by atoms with E-state index >= 15 is 0 Å². The van der Waals surface area contributed by atoms with Gasteiger partial charge in [0, 0.05) is 22.1 Å². The highest BCUT2D eigenvalue weighted by molar-refractivity contribution is 7.93. The molecule has 0 atom stereocenters. The van der Waals surface area contributed by atoms with Crippen LogP contribution in [0.15, 0.2) is 117 Å². The van der Waals surface area contributed by atoms with Crippen LogP contribution in [0.5, 0.6) is 11.5 Å². The zero-order valence-corrected chi connectivity index (χ0v) is 32.1. The first-order valence-electron chi connectivity index (χ1n) is 15.8. The number of carbonyl (C=O) groups is 1. The highest BCUT2D eigenvalue weighted by Gasteiger charge is 2.23. The Kier molecular flexibility index (Phi) is 10.1. The number of hydrogen-bond acceptors (Lipinski definition) is 11. The maximum atomic E-state index is 13.4. The number of urea groups is 1. The average molecular weight is 843 g/mol. The van der Waals surface area contributed by atoms with Gasteiger partial charge in [0.1, 0.15) is 11.5 Å². The predicted molar refractivity (Wildman–Crippen MR) is 207 cm³/mol. The second-order valence-electron chi connectivity index (χ2n) is 12.4. The maximum Gasteiger partial charge on any atom is 0.323 e. The van der Waals surface area contributed by atoms with Crippen LogP contribution >= 0.6 is 0 Å². The van der Waals surface area contributed by atoms with Crippen LogP contribution in [0.2, 0.25) is 0 Å². The first kappa shape index (κ1) is 39.7. The number of benzene rings is 6. The number of anilines is 4. The molecule has 0 aromatic heterocycles.